The van der Waals surface area contributed by atoms with E-state index in [2.05, 4.69) is 15.6 Å². The van der Waals surface area contributed by atoms with Crippen LogP contribution in [-0.4, -0.2) is 46.8 Å². The number of nitrogens with zero attached hydrogens (tertiary/aromatic N) is 1. The third kappa shape index (κ3) is 5.07. The Hall–Kier alpha value is -3.82. The molecule has 186 valence electrons. The summed E-state index contributed by atoms with van der Waals surface area (Å²) in [5.41, 5.74) is 2.35. The Morgan fingerprint density at radius 3 is 2.78 bits per heavy atom. The minimum Gasteiger partial charge on any atom is -0.487 e. The van der Waals surface area contributed by atoms with Crippen molar-refractivity contribution in [1.29, 1.82) is 0 Å². The fourth-order valence-corrected chi connectivity index (χ4v) is 4.78. The molecule has 0 radical (unpaired) electrons. The van der Waals surface area contributed by atoms with Crippen molar-refractivity contribution in [3.05, 3.63) is 89.5 Å². The third-order valence-corrected chi connectivity index (χ3v) is 6.53. The van der Waals surface area contributed by atoms with Gasteiger partial charge in [0, 0.05) is 41.7 Å². The van der Waals surface area contributed by atoms with Crippen LogP contribution in [0.15, 0.2) is 67.0 Å². The van der Waals surface area contributed by atoms with Crippen LogP contribution >= 0.6 is 0 Å². The van der Waals surface area contributed by atoms with Crippen molar-refractivity contribution >= 4 is 17.5 Å². The van der Waals surface area contributed by atoms with Gasteiger partial charge in [-0.25, -0.2) is 4.39 Å². The molecule has 0 unspecified atom stereocenters. The summed E-state index contributed by atoms with van der Waals surface area (Å²) < 4.78 is 25.9. The van der Waals surface area contributed by atoms with Crippen LogP contribution in [0.4, 0.5) is 10.1 Å². The summed E-state index contributed by atoms with van der Waals surface area (Å²) in [6, 6.07) is 15.1. The fraction of sp³-hybridized carbons (Fsp3) is 0.296. The first-order valence-corrected chi connectivity index (χ1v) is 11.8. The first kappa shape index (κ1) is 23.9. The van der Waals surface area contributed by atoms with E-state index >= 15 is 0 Å². The minimum absolute atomic E-state index is 0.0704. The number of hydrogen-bond acceptors (Lipinski definition) is 6. The monoisotopic (exact) mass is 491 g/mol. The summed E-state index contributed by atoms with van der Waals surface area (Å²) in [5, 5.41) is 15.6. The van der Waals surface area contributed by atoms with Gasteiger partial charge in [0.25, 0.3) is 5.91 Å². The Labute approximate surface area is 207 Å². The number of ether oxygens (including phenoxy) is 2. The average Bonchev–Trinajstić information content (AvgIpc) is 3.26. The van der Waals surface area contributed by atoms with Gasteiger partial charge in [0.1, 0.15) is 23.8 Å². The average molecular weight is 492 g/mol. The van der Waals surface area contributed by atoms with E-state index in [4.69, 9.17) is 9.47 Å². The lowest BCUT2D eigenvalue weighted by atomic mass is 9.84. The molecule has 2 amide bonds. The Bertz CT molecular complexity index is 1260. The fourth-order valence-electron chi connectivity index (χ4n) is 4.78. The van der Waals surface area contributed by atoms with Gasteiger partial charge >= 0.3 is 0 Å². The van der Waals surface area contributed by atoms with Crippen molar-refractivity contribution < 1.29 is 28.6 Å². The number of halogens is 1. The first-order chi connectivity index (χ1) is 17.5. The van der Waals surface area contributed by atoms with Crippen LogP contribution in [0.5, 0.6) is 5.75 Å². The number of benzene rings is 2. The highest BCUT2D eigenvalue weighted by molar-refractivity contribution is 6.04. The van der Waals surface area contributed by atoms with Crippen LogP contribution in [0.25, 0.3) is 0 Å². The molecule has 8 nitrogen and oxygen atoms in total. The van der Waals surface area contributed by atoms with Gasteiger partial charge in [-0.3, -0.25) is 14.6 Å². The standard InChI is InChI=1S/C27H26FN3O5/c28-22-6-2-1-4-16(22)14-30-25(33)12-19-11-21-20-10-18(31-27(34)17-5-3-9-29-13-17)7-8-23(20)36-26(21)24(15-32)35-19/h1-10,13,19,21,24,26,32H,11-12,14-15H2,(H,30,33)(H,31,34)/t19-,21-,24-,26+/m1/s1. The van der Waals surface area contributed by atoms with Crippen molar-refractivity contribution in [1.82, 2.24) is 10.3 Å². The molecule has 0 bridgehead atoms. The molecule has 1 fully saturated rings. The molecular weight excluding hydrogens is 465 g/mol. The molecule has 2 aromatic carbocycles. The highest BCUT2D eigenvalue weighted by Crippen LogP contribution is 2.47. The van der Waals surface area contributed by atoms with Gasteiger partial charge in [0.05, 0.1) is 24.7 Å². The number of fused-ring (bicyclic) bond motifs is 3. The van der Waals surface area contributed by atoms with Crippen molar-refractivity contribution in [2.45, 2.75) is 43.6 Å². The Morgan fingerprint density at radius 2 is 2.00 bits per heavy atom. The molecule has 0 saturated carbocycles. The van der Waals surface area contributed by atoms with Crippen LogP contribution in [0.3, 0.4) is 0 Å². The topological polar surface area (TPSA) is 110 Å². The Morgan fingerprint density at radius 1 is 1.14 bits per heavy atom. The zero-order valence-corrected chi connectivity index (χ0v) is 19.4. The molecule has 1 aromatic heterocycles. The lowest BCUT2D eigenvalue weighted by molar-refractivity contribution is -0.142. The molecule has 36 heavy (non-hydrogen) atoms. The summed E-state index contributed by atoms with van der Waals surface area (Å²) in [4.78, 5) is 29.1. The van der Waals surface area contributed by atoms with Crippen molar-refractivity contribution in [3.8, 4) is 5.75 Å². The number of hydrogen-bond donors (Lipinski definition) is 3. The number of aliphatic hydroxyl groups excluding tert-OH is 1. The molecule has 3 aromatic rings. The molecular formula is C27H26FN3O5. The summed E-state index contributed by atoms with van der Waals surface area (Å²) >= 11 is 0. The SMILES string of the molecule is O=C(C[C@H]1C[C@@H]2c3cc(NC(=O)c4cccnc4)ccc3O[C@@H]2[C@@H](CO)O1)NCc1ccccc1F. The summed E-state index contributed by atoms with van der Waals surface area (Å²) in [5.74, 6) is -0.374. The van der Waals surface area contributed by atoms with Crippen molar-refractivity contribution in [2.24, 2.45) is 0 Å². The number of anilines is 1. The summed E-state index contributed by atoms with van der Waals surface area (Å²) in [6.45, 7) is -0.174. The Balaban J connectivity index is 1.26. The highest BCUT2D eigenvalue weighted by atomic mass is 19.1. The quantitative estimate of drug-likeness (QED) is 0.468. The van der Waals surface area contributed by atoms with Crippen LogP contribution < -0.4 is 15.4 Å². The molecule has 4 atom stereocenters. The van der Waals surface area contributed by atoms with E-state index in [9.17, 15) is 19.1 Å². The number of nitrogens with one attached hydrogen (secondary N) is 2. The highest BCUT2D eigenvalue weighted by Gasteiger charge is 2.46. The lowest BCUT2D eigenvalue weighted by Crippen LogP contribution is -2.47. The maximum atomic E-state index is 13.8. The molecule has 5 rings (SSSR count). The van der Waals surface area contributed by atoms with E-state index in [1.54, 1.807) is 48.7 Å². The number of aromatic nitrogens is 1. The molecule has 3 heterocycles. The van der Waals surface area contributed by atoms with E-state index in [0.29, 0.717) is 29.0 Å². The minimum atomic E-state index is -0.603. The Kier molecular flexibility index (Phi) is 6.92. The van der Waals surface area contributed by atoms with Gasteiger partial charge in [-0.15, -0.1) is 0 Å². The van der Waals surface area contributed by atoms with Crippen LogP contribution in [0.2, 0.25) is 0 Å². The third-order valence-electron chi connectivity index (χ3n) is 6.53. The molecule has 2 aliphatic rings. The summed E-state index contributed by atoms with van der Waals surface area (Å²) in [7, 11) is 0. The van der Waals surface area contributed by atoms with Gasteiger partial charge in [0.2, 0.25) is 5.91 Å². The maximum Gasteiger partial charge on any atom is 0.257 e. The zero-order valence-electron chi connectivity index (χ0n) is 19.4. The largest absolute Gasteiger partial charge is 0.487 e. The van der Waals surface area contributed by atoms with Crippen molar-refractivity contribution in [2.75, 3.05) is 11.9 Å². The first-order valence-electron chi connectivity index (χ1n) is 11.8. The van der Waals surface area contributed by atoms with Gasteiger partial charge in [-0.2, -0.15) is 0 Å². The van der Waals surface area contributed by atoms with Gasteiger partial charge in [0.15, 0.2) is 0 Å². The van der Waals surface area contributed by atoms with Crippen LogP contribution in [0, 0.1) is 5.82 Å². The van der Waals surface area contributed by atoms with E-state index < -0.39 is 18.3 Å². The molecule has 2 aliphatic heterocycles. The molecule has 0 spiro atoms. The number of rotatable bonds is 7. The second-order valence-corrected chi connectivity index (χ2v) is 8.92. The lowest BCUT2D eigenvalue weighted by Gasteiger charge is -2.37. The molecule has 9 heteroatoms. The van der Waals surface area contributed by atoms with Gasteiger partial charge in [-0.1, -0.05) is 18.2 Å². The second-order valence-electron chi connectivity index (χ2n) is 8.92. The predicted molar refractivity (Wildman–Crippen MR) is 129 cm³/mol. The van der Waals surface area contributed by atoms with Gasteiger partial charge < -0.3 is 25.2 Å². The maximum absolute atomic E-state index is 13.8. The number of pyridine rings is 1. The number of carbonyl (C=O) groups excluding carboxylic acids is 2. The zero-order chi connectivity index (χ0) is 25.1. The van der Waals surface area contributed by atoms with E-state index in [1.165, 1.54) is 12.3 Å². The normalized spacial score (nSPS) is 22.2. The second kappa shape index (κ2) is 10.4. The summed E-state index contributed by atoms with van der Waals surface area (Å²) in [6.07, 6.45) is 2.22. The van der Waals surface area contributed by atoms with Gasteiger partial charge in [-0.05, 0) is 42.8 Å². The van der Waals surface area contributed by atoms with Crippen LogP contribution in [-0.2, 0) is 16.1 Å². The van der Waals surface area contributed by atoms with Crippen LogP contribution in [0.1, 0.15) is 40.2 Å². The molecule has 3 N–H and O–H groups in total. The van der Waals surface area contributed by atoms with E-state index in [0.717, 1.165) is 5.56 Å². The van der Waals surface area contributed by atoms with E-state index in [1.807, 2.05) is 6.07 Å². The number of aliphatic hydroxyl groups is 1. The number of amides is 2. The van der Waals surface area contributed by atoms with Crippen molar-refractivity contribution in [3.63, 3.8) is 0 Å². The van der Waals surface area contributed by atoms with E-state index in [-0.39, 0.29) is 43.1 Å². The smallest absolute Gasteiger partial charge is 0.257 e. The predicted octanol–water partition coefficient (Wildman–Crippen LogP) is 3.17. The number of carbonyl (C=O) groups is 2. The molecule has 1 saturated heterocycles. The molecule has 0 aliphatic carbocycles.